The summed E-state index contributed by atoms with van der Waals surface area (Å²) in [5.41, 5.74) is 7.72. The van der Waals surface area contributed by atoms with Crippen molar-refractivity contribution in [1.82, 2.24) is 9.88 Å². The van der Waals surface area contributed by atoms with Crippen LogP contribution in [0.5, 0.6) is 0 Å². The van der Waals surface area contributed by atoms with Gasteiger partial charge in [-0.3, -0.25) is 9.88 Å². The molecule has 2 saturated carbocycles. The Bertz CT molecular complexity index is 429. The van der Waals surface area contributed by atoms with Crippen LogP contribution in [0.2, 0.25) is 0 Å². The Morgan fingerprint density at radius 2 is 2.20 bits per heavy atom. The molecule has 3 rings (SSSR count). The highest BCUT2D eigenvalue weighted by Crippen LogP contribution is 2.47. The Labute approximate surface area is 122 Å². The summed E-state index contributed by atoms with van der Waals surface area (Å²) in [4.78, 5) is 6.73. The molecule has 0 bridgehead atoms. The normalized spacial score (nSPS) is 30.6. The van der Waals surface area contributed by atoms with Crippen molar-refractivity contribution in [2.24, 2.45) is 17.6 Å². The summed E-state index contributed by atoms with van der Waals surface area (Å²) in [6.07, 6.45) is 12.0. The van der Waals surface area contributed by atoms with E-state index in [-0.39, 0.29) is 5.54 Å². The molecule has 3 heteroatoms. The van der Waals surface area contributed by atoms with Gasteiger partial charge in [0.05, 0.1) is 0 Å². The third-order valence-corrected chi connectivity index (χ3v) is 5.48. The first-order valence-electron chi connectivity index (χ1n) is 8.04. The third kappa shape index (κ3) is 2.89. The van der Waals surface area contributed by atoms with Gasteiger partial charge in [-0.25, -0.2) is 0 Å². The van der Waals surface area contributed by atoms with E-state index in [0.717, 1.165) is 24.9 Å². The number of nitrogens with zero attached hydrogens (tertiary/aromatic N) is 2. The smallest absolute Gasteiger partial charge is 0.0334 e. The molecule has 0 saturated heterocycles. The molecule has 3 nitrogen and oxygen atoms in total. The number of rotatable bonds is 5. The molecule has 2 atom stereocenters. The number of nitrogens with two attached hydrogens (primary N) is 1. The van der Waals surface area contributed by atoms with E-state index in [1.54, 1.807) is 0 Å². The van der Waals surface area contributed by atoms with Crippen LogP contribution in [-0.2, 0) is 6.54 Å². The molecule has 1 aromatic heterocycles. The monoisotopic (exact) mass is 273 g/mol. The van der Waals surface area contributed by atoms with Crippen LogP contribution in [0.4, 0.5) is 0 Å². The van der Waals surface area contributed by atoms with Crippen LogP contribution >= 0.6 is 0 Å². The fourth-order valence-corrected chi connectivity index (χ4v) is 3.98. The lowest BCUT2D eigenvalue weighted by Crippen LogP contribution is -2.54. The second-order valence-corrected chi connectivity index (χ2v) is 6.84. The molecular weight excluding hydrogens is 246 g/mol. The highest BCUT2D eigenvalue weighted by molar-refractivity contribution is 5.10. The maximum Gasteiger partial charge on any atom is 0.0334 e. The lowest BCUT2D eigenvalue weighted by atomic mass is 9.73. The number of aromatic nitrogens is 1. The van der Waals surface area contributed by atoms with Gasteiger partial charge in [-0.15, -0.1) is 0 Å². The van der Waals surface area contributed by atoms with Crippen LogP contribution < -0.4 is 5.73 Å². The van der Waals surface area contributed by atoms with Crippen molar-refractivity contribution in [2.75, 3.05) is 13.6 Å². The van der Waals surface area contributed by atoms with E-state index in [1.165, 1.54) is 44.1 Å². The van der Waals surface area contributed by atoms with E-state index in [9.17, 15) is 0 Å². The molecule has 0 aromatic carbocycles. The van der Waals surface area contributed by atoms with Gasteiger partial charge >= 0.3 is 0 Å². The van der Waals surface area contributed by atoms with Crippen LogP contribution in [0.1, 0.15) is 44.1 Å². The van der Waals surface area contributed by atoms with Gasteiger partial charge in [0.2, 0.25) is 0 Å². The second-order valence-electron chi connectivity index (χ2n) is 6.84. The van der Waals surface area contributed by atoms with E-state index < -0.39 is 0 Å². The van der Waals surface area contributed by atoms with Gasteiger partial charge in [-0.05, 0) is 56.2 Å². The van der Waals surface area contributed by atoms with Crippen molar-refractivity contribution in [3.05, 3.63) is 30.1 Å². The van der Waals surface area contributed by atoms with Crippen LogP contribution in [0.15, 0.2) is 24.5 Å². The van der Waals surface area contributed by atoms with Gasteiger partial charge in [-0.1, -0.05) is 18.9 Å². The molecule has 0 radical (unpaired) electrons. The van der Waals surface area contributed by atoms with Gasteiger partial charge in [0.25, 0.3) is 0 Å². The summed E-state index contributed by atoms with van der Waals surface area (Å²) in [7, 11) is 2.25. The van der Waals surface area contributed by atoms with Crippen LogP contribution in [0, 0.1) is 11.8 Å². The maximum atomic E-state index is 6.22. The van der Waals surface area contributed by atoms with Crippen molar-refractivity contribution in [2.45, 2.75) is 50.6 Å². The summed E-state index contributed by atoms with van der Waals surface area (Å²) >= 11 is 0. The molecule has 0 amide bonds. The molecule has 20 heavy (non-hydrogen) atoms. The maximum absolute atomic E-state index is 6.22. The predicted octanol–water partition coefficient (Wildman–Crippen LogP) is 2.81. The Morgan fingerprint density at radius 1 is 1.35 bits per heavy atom. The van der Waals surface area contributed by atoms with Gasteiger partial charge in [0, 0.05) is 31.0 Å². The predicted molar refractivity (Wildman–Crippen MR) is 82.2 cm³/mol. The molecule has 0 spiro atoms. The second kappa shape index (κ2) is 5.82. The molecule has 1 heterocycles. The zero-order valence-electron chi connectivity index (χ0n) is 12.6. The first-order chi connectivity index (χ1) is 9.73. The summed E-state index contributed by atoms with van der Waals surface area (Å²) in [6.45, 7) is 1.75. The number of likely N-dealkylation sites (N-methyl/N-ethyl adjacent to an activating group) is 1. The number of hydrogen-bond donors (Lipinski definition) is 1. The summed E-state index contributed by atoms with van der Waals surface area (Å²) in [5, 5.41) is 0. The molecule has 2 fully saturated rings. The lowest BCUT2D eigenvalue weighted by molar-refractivity contribution is 0.0458. The molecule has 110 valence electrons. The standard InChI is InChI=1S/C17H27N3/c1-20(12-14-4-3-9-19-11-14)17(13-18)8-2-5-16(10-17)15-6-7-15/h3-4,9,11,15-16H,2,5-8,10,12-13,18H2,1H3. The zero-order valence-corrected chi connectivity index (χ0v) is 12.6. The third-order valence-electron chi connectivity index (χ3n) is 5.48. The minimum atomic E-state index is 0.210. The Morgan fingerprint density at radius 3 is 2.85 bits per heavy atom. The molecule has 2 unspecified atom stereocenters. The van der Waals surface area contributed by atoms with Crippen molar-refractivity contribution in [3.8, 4) is 0 Å². The van der Waals surface area contributed by atoms with E-state index in [0.29, 0.717) is 0 Å². The minimum absolute atomic E-state index is 0.210. The number of pyridine rings is 1. The SMILES string of the molecule is CN(Cc1cccnc1)C1(CN)CCCC(C2CC2)C1. The van der Waals surface area contributed by atoms with Gasteiger partial charge in [-0.2, -0.15) is 0 Å². The summed E-state index contributed by atoms with van der Waals surface area (Å²) < 4.78 is 0. The first-order valence-corrected chi connectivity index (χ1v) is 8.04. The van der Waals surface area contributed by atoms with E-state index in [4.69, 9.17) is 5.73 Å². The van der Waals surface area contributed by atoms with Crippen LogP contribution in [0.3, 0.4) is 0 Å². The first kappa shape index (κ1) is 14.0. The van der Waals surface area contributed by atoms with Gasteiger partial charge < -0.3 is 5.73 Å². The topological polar surface area (TPSA) is 42.2 Å². The largest absolute Gasteiger partial charge is 0.329 e. The lowest BCUT2D eigenvalue weighted by Gasteiger charge is -2.47. The average Bonchev–Trinajstić information content (AvgIpc) is 3.33. The quantitative estimate of drug-likeness (QED) is 0.897. The van der Waals surface area contributed by atoms with Crippen molar-refractivity contribution in [1.29, 1.82) is 0 Å². The summed E-state index contributed by atoms with van der Waals surface area (Å²) in [5.74, 6) is 1.93. The van der Waals surface area contributed by atoms with Gasteiger partial charge in [0.1, 0.15) is 0 Å². The Kier molecular flexibility index (Phi) is 4.08. The van der Waals surface area contributed by atoms with E-state index >= 15 is 0 Å². The van der Waals surface area contributed by atoms with E-state index in [1.807, 2.05) is 18.5 Å². The van der Waals surface area contributed by atoms with Crippen LogP contribution in [0.25, 0.3) is 0 Å². The molecule has 1 aromatic rings. The summed E-state index contributed by atoms with van der Waals surface area (Å²) in [6, 6.07) is 4.18. The average molecular weight is 273 g/mol. The molecule has 2 aliphatic carbocycles. The molecular formula is C17H27N3. The highest BCUT2D eigenvalue weighted by atomic mass is 15.2. The van der Waals surface area contributed by atoms with Crippen molar-refractivity contribution in [3.63, 3.8) is 0 Å². The van der Waals surface area contributed by atoms with Crippen molar-refractivity contribution < 1.29 is 0 Å². The van der Waals surface area contributed by atoms with E-state index in [2.05, 4.69) is 23.0 Å². The van der Waals surface area contributed by atoms with Gasteiger partial charge in [0.15, 0.2) is 0 Å². The molecule has 2 aliphatic rings. The Hall–Kier alpha value is -0.930. The molecule has 0 aliphatic heterocycles. The fourth-order valence-electron chi connectivity index (χ4n) is 3.98. The Balaban J connectivity index is 1.70. The van der Waals surface area contributed by atoms with Crippen LogP contribution in [-0.4, -0.2) is 29.0 Å². The minimum Gasteiger partial charge on any atom is -0.329 e. The fraction of sp³-hybridized carbons (Fsp3) is 0.706. The highest BCUT2D eigenvalue weighted by Gasteiger charge is 2.43. The molecule has 2 N–H and O–H groups in total. The van der Waals surface area contributed by atoms with Crippen molar-refractivity contribution >= 4 is 0 Å². The zero-order chi connectivity index (χ0) is 14.0. The number of hydrogen-bond acceptors (Lipinski definition) is 3.